The minimum absolute atomic E-state index is 0. The number of likely N-dealkylation sites (N-methyl/N-ethyl adjacent to an activating group) is 1. The summed E-state index contributed by atoms with van der Waals surface area (Å²) in [5, 5.41) is 3.98. The highest BCUT2D eigenvalue weighted by atomic mass is 127. The van der Waals surface area contributed by atoms with Crippen LogP contribution in [0.15, 0.2) is 72.8 Å². The van der Waals surface area contributed by atoms with Gasteiger partial charge in [-0.25, -0.2) is 0 Å². The van der Waals surface area contributed by atoms with Crippen molar-refractivity contribution >= 4 is 50.5 Å². The zero-order valence-corrected chi connectivity index (χ0v) is 26.3. The van der Waals surface area contributed by atoms with Crippen LogP contribution in [0.3, 0.4) is 0 Å². The summed E-state index contributed by atoms with van der Waals surface area (Å²) in [5.74, 6) is 0. The lowest BCUT2D eigenvalue weighted by atomic mass is 10.1. The van der Waals surface area contributed by atoms with Gasteiger partial charge in [0.1, 0.15) is 7.05 Å². The number of pyridine rings is 1. The fraction of sp³-hybridized carbons (Fsp3) is 0.324. The van der Waals surface area contributed by atoms with Gasteiger partial charge in [-0.15, -0.1) is 0 Å². The summed E-state index contributed by atoms with van der Waals surface area (Å²) in [6.07, 6.45) is 4.55. The highest BCUT2D eigenvalue weighted by molar-refractivity contribution is 6.08. The molecule has 1 saturated heterocycles. The second kappa shape index (κ2) is 12.3. The first kappa shape index (κ1) is 28.6. The molecule has 0 atom stereocenters. The van der Waals surface area contributed by atoms with E-state index in [1.807, 2.05) is 0 Å². The van der Waals surface area contributed by atoms with Crippen molar-refractivity contribution in [1.82, 2.24) is 14.4 Å². The Morgan fingerprint density at radius 1 is 0.800 bits per heavy atom. The van der Waals surface area contributed by atoms with E-state index in [1.165, 1.54) is 49.7 Å². The molecule has 0 bridgehead atoms. The molecule has 0 unspecified atom stereocenters. The number of nitrogens with zero attached hydrogens (tertiary/aromatic N) is 5. The Labute approximate surface area is 255 Å². The summed E-state index contributed by atoms with van der Waals surface area (Å²) in [7, 11) is 6.49. The number of fused-ring (bicyclic) bond motifs is 4. The average Bonchev–Trinajstić information content (AvgIpc) is 3.29. The largest absolute Gasteiger partial charge is 1.00 e. The number of rotatable bonds is 7. The van der Waals surface area contributed by atoms with Gasteiger partial charge in [0.05, 0.1) is 11.1 Å². The molecule has 5 aromatic rings. The monoisotopic (exact) mass is 645 g/mol. The van der Waals surface area contributed by atoms with Gasteiger partial charge in [-0.05, 0) is 56.9 Å². The number of aromatic nitrogens is 2. The molecule has 0 spiro atoms. The second-order valence-corrected chi connectivity index (χ2v) is 11.0. The molecule has 0 saturated carbocycles. The molecule has 0 N–H and O–H groups in total. The molecule has 40 heavy (non-hydrogen) atoms. The lowest BCUT2D eigenvalue weighted by Gasteiger charge is -2.36. The van der Waals surface area contributed by atoms with Crippen LogP contribution in [0.2, 0.25) is 0 Å². The van der Waals surface area contributed by atoms with Crippen molar-refractivity contribution in [3.8, 4) is 0 Å². The second-order valence-electron chi connectivity index (χ2n) is 11.0. The molecule has 0 radical (unpaired) electrons. The van der Waals surface area contributed by atoms with E-state index in [1.54, 1.807) is 0 Å². The Morgan fingerprint density at radius 2 is 1.50 bits per heavy atom. The molecular weight excluding hydrogens is 605 g/mol. The summed E-state index contributed by atoms with van der Waals surface area (Å²) in [4.78, 5) is 7.45. The van der Waals surface area contributed by atoms with Crippen LogP contribution in [0.4, 0.5) is 5.69 Å². The number of piperazine rings is 1. The third kappa shape index (κ3) is 5.49. The van der Waals surface area contributed by atoms with Gasteiger partial charge in [0, 0.05) is 85.8 Å². The number of halogens is 1. The first-order valence-corrected chi connectivity index (χ1v) is 14.3. The maximum absolute atomic E-state index is 2.59. The minimum atomic E-state index is 0. The van der Waals surface area contributed by atoms with Gasteiger partial charge in [0.25, 0.3) is 0 Å². The molecule has 0 amide bonds. The van der Waals surface area contributed by atoms with Gasteiger partial charge >= 0.3 is 0 Å². The zero-order chi connectivity index (χ0) is 26.9. The standard InChI is InChI=1S/C34H40N5.HI/c1-5-39-32-13-9-6-10-28(32)30-24-26(15-17-33(30)39)14-16-27-25-34(29-11-7-8-12-31(29)36(27)4)38-22-20-37(21-23-38)19-18-35(2)3;/h6-17,24-25H,5,18-23H2,1-4H3;1H/q+1;/p-1. The summed E-state index contributed by atoms with van der Waals surface area (Å²) in [5.41, 5.74) is 7.67. The molecule has 5 nitrogen and oxygen atoms in total. The highest BCUT2D eigenvalue weighted by Gasteiger charge is 2.22. The Hall–Kier alpha value is -2.94. The van der Waals surface area contributed by atoms with E-state index in [0.717, 1.165) is 45.8 Å². The molecule has 1 aliphatic rings. The fourth-order valence-corrected chi connectivity index (χ4v) is 6.11. The van der Waals surface area contributed by atoms with Crippen LogP contribution in [-0.4, -0.2) is 67.7 Å². The normalized spacial score (nSPS) is 14.7. The predicted octanol–water partition coefficient (Wildman–Crippen LogP) is 2.65. The van der Waals surface area contributed by atoms with Crippen LogP contribution < -0.4 is 33.4 Å². The van der Waals surface area contributed by atoms with E-state index in [2.05, 4.69) is 137 Å². The molecule has 2 aromatic heterocycles. The van der Waals surface area contributed by atoms with Crippen molar-refractivity contribution in [1.29, 1.82) is 0 Å². The summed E-state index contributed by atoms with van der Waals surface area (Å²) >= 11 is 0. The van der Waals surface area contributed by atoms with Gasteiger partial charge in [-0.3, -0.25) is 4.90 Å². The van der Waals surface area contributed by atoms with Crippen LogP contribution in [0.5, 0.6) is 0 Å². The van der Waals surface area contributed by atoms with Crippen LogP contribution in [0, 0.1) is 0 Å². The molecule has 6 rings (SSSR count). The van der Waals surface area contributed by atoms with Crippen molar-refractivity contribution in [3.05, 3.63) is 84.1 Å². The maximum atomic E-state index is 2.59. The zero-order valence-electron chi connectivity index (χ0n) is 24.1. The van der Waals surface area contributed by atoms with Crippen molar-refractivity contribution in [3.63, 3.8) is 0 Å². The van der Waals surface area contributed by atoms with Crippen molar-refractivity contribution in [2.24, 2.45) is 7.05 Å². The van der Waals surface area contributed by atoms with Crippen molar-refractivity contribution in [2.75, 3.05) is 58.3 Å². The van der Waals surface area contributed by atoms with E-state index in [-0.39, 0.29) is 24.0 Å². The van der Waals surface area contributed by atoms with Gasteiger partial charge in [-0.2, -0.15) is 4.57 Å². The Balaban J connectivity index is 0.00000323. The minimum Gasteiger partial charge on any atom is -1.00 e. The molecule has 208 valence electrons. The van der Waals surface area contributed by atoms with E-state index in [9.17, 15) is 0 Å². The number of hydrogen-bond acceptors (Lipinski definition) is 3. The van der Waals surface area contributed by atoms with Gasteiger partial charge in [0.15, 0.2) is 0 Å². The number of hydrogen-bond donors (Lipinski definition) is 0. The van der Waals surface area contributed by atoms with Gasteiger partial charge in [-0.1, -0.05) is 36.4 Å². The third-order valence-electron chi connectivity index (χ3n) is 8.35. The van der Waals surface area contributed by atoms with E-state index in [0.29, 0.717) is 0 Å². The smallest absolute Gasteiger partial charge is 0.214 e. The first-order chi connectivity index (χ1) is 19.0. The van der Waals surface area contributed by atoms with Gasteiger partial charge in [0.2, 0.25) is 11.2 Å². The number of para-hydroxylation sites is 2. The van der Waals surface area contributed by atoms with Gasteiger partial charge < -0.3 is 38.3 Å². The van der Waals surface area contributed by atoms with Crippen LogP contribution in [-0.2, 0) is 13.6 Å². The average molecular weight is 646 g/mol. The fourth-order valence-electron chi connectivity index (χ4n) is 6.11. The van der Waals surface area contributed by atoms with E-state index < -0.39 is 0 Å². The topological polar surface area (TPSA) is 18.5 Å². The quantitative estimate of drug-likeness (QED) is 0.201. The SMILES string of the molecule is CCn1c2ccccc2c2cc(/C=C/c3cc(N4CCN(CCN(C)C)CC4)c4ccccc4[n+]3C)ccc21.[I-]. The summed E-state index contributed by atoms with van der Waals surface area (Å²) in [6.45, 7) is 9.79. The molecule has 3 aromatic carbocycles. The van der Waals surface area contributed by atoms with E-state index >= 15 is 0 Å². The van der Waals surface area contributed by atoms with Crippen LogP contribution >= 0.6 is 0 Å². The number of benzene rings is 3. The number of aryl methyl sites for hydroxylation is 2. The number of anilines is 1. The van der Waals surface area contributed by atoms with Crippen molar-refractivity contribution < 1.29 is 28.5 Å². The molecule has 3 heterocycles. The Kier molecular flexibility index (Phi) is 8.78. The van der Waals surface area contributed by atoms with Crippen LogP contribution in [0.1, 0.15) is 18.2 Å². The molecule has 0 aliphatic carbocycles. The van der Waals surface area contributed by atoms with E-state index in [4.69, 9.17) is 0 Å². The first-order valence-electron chi connectivity index (χ1n) is 14.3. The third-order valence-corrected chi connectivity index (χ3v) is 8.35. The molecular formula is C34H40IN5. The molecule has 1 fully saturated rings. The lowest BCUT2D eigenvalue weighted by Crippen LogP contribution is -3.00. The summed E-state index contributed by atoms with van der Waals surface area (Å²) < 4.78 is 4.73. The predicted molar refractivity (Wildman–Crippen MR) is 166 cm³/mol. The summed E-state index contributed by atoms with van der Waals surface area (Å²) in [6, 6.07) is 26.8. The highest BCUT2D eigenvalue weighted by Crippen LogP contribution is 2.31. The Morgan fingerprint density at radius 3 is 2.25 bits per heavy atom. The van der Waals surface area contributed by atoms with Crippen LogP contribution in [0.25, 0.3) is 44.9 Å². The maximum Gasteiger partial charge on any atom is 0.214 e. The lowest BCUT2D eigenvalue weighted by molar-refractivity contribution is -0.646. The molecule has 1 aliphatic heterocycles. The van der Waals surface area contributed by atoms with Crippen molar-refractivity contribution in [2.45, 2.75) is 13.5 Å². The Bertz CT molecular complexity index is 1660. The molecule has 6 heteroatoms.